The Labute approximate surface area is 96.3 Å². The minimum absolute atomic E-state index is 0.0853. The zero-order valence-corrected chi connectivity index (χ0v) is 10.3. The van der Waals surface area contributed by atoms with Gasteiger partial charge in [0.25, 0.3) is 0 Å². The van der Waals surface area contributed by atoms with Crippen molar-refractivity contribution in [2.45, 2.75) is 31.0 Å². The van der Waals surface area contributed by atoms with Crippen LogP contribution in [-0.2, 0) is 14.6 Å². The molecule has 2 saturated heterocycles. The summed E-state index contributed by atoms with van der Waals surface area (Å²) in [6.07, 6.45) is 1.09. The Morgan fingerprint density at radius 1 is 1.25 bits per heavy atom. The molecule has 0 bridgehead atoms. The van der Waals surface area contributed by atoms with Gasteiger partial charge in [-0.05, 0) is 19.9 Å². The molecule has 1 N–H and O–H groups in total. The van der Waals surface area contributed by atoms with Crippen molar-refractivity contribution >= 4 is 9.84 Å². The maximum atomic E-state index is 11.4. The molecule has 0 aliphatic carbocycles. The van der Waals surface area contributed by atoms with Crippen LogP contribution in [0, 0.1) is 0 Å². The van der Waals surface area contributed by atoms with E-state index in [0.29, 0.717) is 6.04 Å². The van der Waals surface area contributed by atoms with Crippen LogP contribution in [0.1, 0.15) is 12.8 Å². The van der Waals surface area contributed by atoms with Gasteiger partial charge in [-0.1, -0.05) is 0 Å². The molecule has 0 aromatic heterocycles. The molecule has 94 valence electrons. The third-order valence-electron chi connectivity index (χ3n) is 3.58. The van der Waals surface area contributed by atoms with Crippen LogP contribution in [0.5, 0.6) is 0 Å². The van der Waals surface area contributed by atoms with E-state index in [1.807, 2.05) is 11.9 Å². The summed E-state index contributed by atoms with van der Waals surface area (Å²) >= 11 is 0. The van der Waals surface area contributed by atoms with Gasteiger partial charge in [0, 0.05) is 19.3 Å². The third kappa shape index (κ3) is 2.56. The van der Waals surface area contributed by atoms with Crippen LogP contribution in [-0.4, -0.2) is 68.4 Å². The molecule has 0 aromatic carbocycles. The summed E-state index contributed by atoms with van der Waals surface area (Å²) in [6, 6.07) is 0.0924. The number of hydrogen-bond donors (Lipinski definition) is 1. The van der Waals surface area contributed by atoms with Gasteiger partial charge in [0.2, 0.25) is 0 Å². The van der Waals surface area contributed by atoms with Gasteiger partial charge in [-0.3, -0.25) is 4.90 Å². The average molecular weight is 249 g/mol. The smallest absolute Gasteiger partial charge is 0.154 e. The first-order chi connectivity index (χ1) is 7.49. The zero-order valence-electron chi connectivity index (χ0n) is 9.50. The first kappa shape index (κ1) is 12.3. The molecule has 16 heavy (non-hydrogen) atoms. The number of aliphatic hydroxyl groups is 1. The van der Waals surface area contributed by atoms with Crippen molar-refractivity contribution in [3.63, 3.8) is 0 Å². The second-order valence-corrected chi connectivity index (χ2v) is 6.87. The first-order valence-corrected chi connectivity index (χ1v) is 7.50. The number of ether oxygens (including phenoxy) is 1. The van der Waals surface area contributed by atoms with Crippen LogP contribution in [0.4, 0.5) is 0 Å². The largest absolute Gasteiger partial charge is 0.390 e. The molecule has 0 radical (unpaired) electrons. The van der Waals surface area contributed by atoms with Crippen LogP contribution < -0.4 is 0 Å². The Balaban J connectivity index is 2.01. The molecule has 2 fully saturated rings. The lowest BCUT2D eigenvalue weighted by Gasteiger charge is -2.36. The fourth-order valence-corrected chi connectivity index (χ4v) is 4.42. The first-order valence-electron chi connectivity index (χ1n) is 5.68. The van der Waals surface area contributed by atoms with Crippen LogP contribution in [0.15, 0.2) is 0 Å². The van der Waals surface area contributed by atoms with Crippen molar-refractivity contribution in [3.05, 3.63) is 0 Å². The molecule has 6 heteroatoms. The highest BCUT2D eigenvalue weighted by Crippen LogP contribution is 2.23. The highest BCUT2D eigenvalue weighted by atomic mass is 32.2. The van der Waals surface area contributed by atoms with Crippen molar-refractivity contribution < 1.29 is 18.3 Å². The van der Waals surface area contributed by atoms with Gasteiger partial charge in [-0.15, -0.1) is 0 Å². The van der Waals surface area contributed by atoms with Gasteiger partial charge in [-0.25, -0.2) is 8.42 Å². The molecule has 2 heterocycles. The van der Waals surface area contributed by atoms with E-state index in [2.05, 4.69) is 0 Å². The molecule has 0 saturated carbocycles. The summed E-state index contributed by atoms with van der Waals surface area (Å²) in [4.78, 5) is 2.03. The lowest BCUT2D eigenvalue weighted by molar-refractivity contribution is 0.00846. The predicted octanol–water partition coefficient (Wildman–Crippen LogP) is -0.745. The lowest BCUT2D eigenvalue weighted by atomic mass is 10.0. The predicted molar refractivity (Wildman–Crippen MR) is 60.1 cm³/mol. The molecule has 2 aliphatic heterocycles. The number of hydrogen-bond acceptors (Lipinski definition) is 5. The molecule has 2 unspecified atom stereocenters. The summed E-state index contributed by atoms with van der Waals surface area (Å²) in [5.41, 5.74) is 0. The summed E-state index contributed by atoms with van der Waals surface area (Å²) in [6.45, 7) is 1.45. The van der Waals surface area contributed by atoms with E-state index in [9.17, 15) is 13.5 Å². The molecule has 0 amide bonds. The maximum absolute atomic E-state index is 11.4. The second-order valence-electron chi connectivity index (χ2n) is 4.72. The summed E-state index contributed by atoms with van der Waals surface area (Å²) in [7, 11) is -1.14. The van der Waals surface area contributed by atoms with Gasteiger partial charge in [-0.2, -0.15) is 0 Å². The van der Waals surface area contributed by atoms with Crippen molar-refractivity contribution in [3.8, 4) is 0 Å². The number of likely N-dealkylation sites (N-methyl/N-ethyl adjacent to an activating group) is 1. The molecular formula is C10H19NO4S. The Kier molecular flexibility index (Phi) is 3.53. The zero-order chi connectivity index (χ0) is 11.8. The van der Waals surface area contributed by atoms with Gasteiger partial charge >= 0.3 is 0 Å². The quantitative estimate of drug-likeness (QED) is 0.698. The Morgan fingerprint density at radius 3 is 2.38 bits per heavy atom. The number of rotatable bonds is 2. The van der Waals surface area contributed by atoms with E-state index in [1.54, 1.807) is 0 Å². The molecule has 2 atom stereocenters. The van der Waals surface area contributed by atoms with Crippen LogP contribution in [0.3, 0.4) is 0 Å². The normalized spacial score (nSPS) is 35.7. The van der Waals surface area contributed by atoms with Crippen molar-refractivity contribution in [2.24, 2.45) is 0 Å². The standard InChI is InChI=1S/C10H19NO4S/c1-11(8-2-4-15-5-3-8)9-6-16(13,14)7-10(9)12/h8-10,12H,2-7H2,1H3. The Hall–Kier alpha value is -0.170. The van der Waals surface area contributed by atoms with Crippen LogP contribution in [0.2, 0.25) is 0 Å². The SMILES string of the molecule is CN(C1CCOCC1)C1CS(=O)(=O)CC1O. The van der Waals surface area contributed by atoms with E-state index in [0.717, 1.165) is 26.1 Å². The lowest BCUT2D eigenvalue weighted by Crippen LogP contribution is -2.48. The topological polar surface area (TPSA) is 66.8 Å². The van der Waals surface area contributed by atoms with Crippen LogP contribution >= 0.6 is 0 Å². The van der Waals surface area contributed by atoms with E-state index in [-0.39, 0.29) is 17.5 Å². The minimum Gasteiger partial charge on any atom is -0.390 e. The van der Waals surface area contributed by atoms with Crippen molar-refractivity contribution in [2.75, 3.05) is 31.8 Å². The van der Waals surface area contributed by atoms with Gasteiger partial charge in [0.05, 0.1) is 23.7 Å². The molecule has 2 rings (SSSR count). The Bertz CT molecular complexity index is 337. The number of aliphatic hydroxyl groups excluding tert-OH is 1. The highest BCUT2D eigenvalue weighted by Gasteiger charge is 2.40. The molecule has 2 aliphatic rings. The third-order valence-corrected chi connectivity index (χ3v) is 5.28. The molecule has 0 spiro atoms. The van der Waals surface area contributed by atoms with E-state index in [1.165, 1.54) is 0 Å². The van der Waals surface area contributed by atoms with Gasteiger partial charge in [0.15, 0.2) is 9.84 Å². The summed E-state index contributed by atoms with van der Waals surface area (Å²) in [5, 5.41) is 9.77. The minimum atomic E-state index is -3.05. The van der Waals surface area contributed by atoms with E-state index >= 15 is 0 Å². The maximum Gasteiger partial charge on any atom is 0.154 e. The molecule has 0 aromatic rings. The van der Waals surface area contributed by atoms with Gasteiger partial charge in [0.1, 0.15) is 0 Å². The number of sulfone groups is 1. The van der Waals surface area contributed by atoms with Crippen molar-refractivity contribution in [1.82, 2.24) is 4.90 Å². The summed E-state index contributed by atoms with van der Waals surface area (Å²) in [5.74, 6) is -0.00670. The van der Waals surface area contributed by atoms with Crippen LogP contribution in [0.25, 0.3) is 0 Å². The highest BCUT2D eigenvalue weighted by molar-refractivity contribution is 7.91. The average Bonchev–Trinajstić information content (AvgIpc) is 2.52. The van der Waals surface area contributed by atoms with E-state index < -0.39 is 15.9 Å². The second kappa shape index (κ2) is 4.60. The Morgan fingerprint density at radius 2 is 1.88 bits per heavy atom. The van der Waals surface area contributed by atoms with E-state index in [4.69, 9.17) is 4.74 Å². The van der Waals surface area contributed by atoms with Gasteiger partial charge < -0.3 is 9.84 Å². The number of nitrogens with zero attached hydrogens (tertiary/aromatic N) is 1. The summed E-state index contributed by atoms with van der Waals surface area (Å²) < 4.78 is 28.1. The fraction of sp³-hybridized carbons (Fsp3) is 1.00. The molecule has 5 nitrogen and oxygen atoms in total. The van der Waals surface area contributed by atoms with Crippen molar-refractivity contribution in [1.29, 1.82) is 0 Å². The fourth-order valence-electron chi connectivity index (χ4n) is 2.56. The monoisotopic (exact) mass is 249 g/mol. The molecular weight excluding hydrogens is 230 g/mol.